The summed E-state index contributed by atoms with van der Waals surface area (Å²) in [5.41, 5.74) is 2.11. The predicted molar refractivity (Wildman–Crippen MR) is 134 cm³/mol. The van der Waals surface area contributed by atoms with Gasteiger partial charge in [0.1, 0.15) is 6.10 Å². The molecule has 1 unspecified atom stereocenters. The second kappa shape index (κ2) is 11.3. The number of nitrogens with zero attached hydrogens (tertiary/aromatic N) is 1. The summed E-state index contributed by atoms with van der Waals surface area (Å²) < 4.78 is 0. The van der Waals surface area contributed by atoms with Crippen LogP contribution in [0.25, 0.3) is 0 Å². The van der Waals surface area contributed by atoms with E-state index in [0.717, 1.165) is 29.7 Å². The number of aliphatic hydroxyl groups excluding tert-OH is 2. The maximum atomic E-state index is 12.9. The zero-order valence-corrected chi connectivity index (χ0v) is 20.3. The Morgan fingerprint density at radius 1 is 1.00 bits per heavy atom. The first-order chi connectivity index (χ1) is 16.4. The summed E-state index contributed by atoms with van der Waals surface area (Å²) in [6.07, 6.45) is -0.629. The lowest BCUT2D eigenvalue weighted by molar-refractivity contribution is -0.153. The number of hydrogen-bond acceptors (Lipinski definition) is 5. The van der Waals surface area contributed by atoms with Crippen molar-refractivity contribution in [3.05, 3.63) is 92.6 Å². The maximum absolute atomic E-state index is 12.9. The number of likely N-dealkylation sites (tertiary alicyclic amines) is 1. The van der Waals surface area contributed by atoms with Gasteiger partial charge in [0.05, 0.1) is 6.04 Å². The van der Waals surface area contributed by atoms with E-state index in [2.05, 4.69) is 18.2 Å². The smallest absolute Gasteiger partial charge is 0.255 e. The van der Waals surface area contributed by atoms with Gasteiger partial charge in [0.2, 0.25) is 0 Å². The first-order valence-corrected chi connectivity index (χ1v) is 12.7. The summed E-state index contributed by atoms with van der Waals surface area (Å²) in [5.74, 6) is -1.15. The number of aryl methyl sites for hydroxylation is 1. The highest BCUT2D eigenvalue weighted by atomic mass is 35.5. The standard InChI is InChI=1S/C27H28ClNO4S/c28-20-9-4-8-19(17-20)23-10-5-15-29(23)27(33)26(32)25(31)24(30)14-13-21-11-12-22(34-21)16-18-6-2-1-3-7-18/h1-4,6-9,11-12,17,23,25-26,31-32H,5,10,13-16H2/t23?,25-,26+/m0/s1. The van der Waals surface area contributed by atoms with Gasteiger partial charge in [0, 0.05) is 34.2 Å². The summed E-state index contributed by atoms with van der Waals surface area (Å²) in [6, 6.07) is 21.3. The Morgan fingerprint density at radius 2 is 1.76 bits per heavy atom. The number of carbonyl (C=O) groups is 2. The Kier molecular flexibility index (Phi) is 8.16. The molecule has 5 nitrogen and oxygen atoms in total. The van der Waals surface area contributed by atoms with Crippen molar-refractivity contribution in [2.24, 2.45) is 0 Å². The third kappa shape index (κ3) is 5.94. The van der Waals surface area contributed by atoms with Gasteiger partial charge < -0.3 is 15.1 Å². The molecule has 1 saturated heterocycles. The Hall–Kier alpha value is -2.51. The van der Waals surface area contributed by atoms with Gasteiger partial charge in [-0.1, -0.05) is 54.1 Å². The number of benzene rings is 2. The van der Waals surface area contributed by atoms with Gasteiger partial charge in [-0.25, -0.2) is 0 Å². The average molecular weight is 498 g/mol. The fraction of sp³-hybridized carbons (Fsp3) is 0.333. The molecule has 34 heavy (non-hydrogen) atoms. The monoisotopic (exact) mass is 497 g/mol. The summed E-state index contributed by atoms with van der Waals surface area (Å²) in [5, 5.41) is 21.5. The van der Waals surface area contributed by atoms with E-state index in [0.29, 0.717) is 18.0 Å². The molecule has 1 aliphatic rings. The molecule has 7 heteroatoms. The van der Waals surface area contributed by atoms with Crippen LogP contribution in [0, 0.1) is 0 Å². The maximum Gasteiger partial charge on any atom is 0.255 e. The van der Waals surface area contributed by atoms with Crippen LogP contribution < -0.4 is 0 Å². The van der Waals surface area contributed by atoms with Gasteiger partial charge in [-0.05, 0) is 54.7 Å². The third-order valence-electron chi connectivity index (χ3n) is 6.21. The predicted octanol–water partition coefficient (Wildman–Crippen LogP) is 4.58. The van der Waals surface area contributed by atoms with Gasteiger partial charge in [0.25, 0.3) is 5.91 Å². The van der Waals surface area contributed by atoms with E-state index in [1.165, 1.54) is 10.4 Å². The number of rotatable bonds is 9. The molecule has 178 valence electrons. The number of ketones is 1. The molecule has 1 aromatic heterocycles. The van der Waals surface area contributed by atoms with E-state index in [1.54, 1.807) is 28.4 Å². The van der Waals surface area contributed by atoms with Crippen LogP contribution in [0.2, 0.25) is 5.02 Å². The molecule has 1 amide bonds. The van der Waals surface area contributed by atoms with Crippen LogP contribution in [0.3, 0.4) is 0 Å². The number of carbonyl (C=O) groups excluding carboxylic acids is 2. The second-order valence-electron chi connectivity index (χ2n) is 8.63. The molecule has 2 heterocycles. The molecule has 0 spiro atoms. The highest BCUT2D eigenvalue weighted by Crippen LogP contribution is 2.33. The number of amides is 1. The van der Waals surface area contributed by atoms with E-state index in [-0.39, 0.29) is 12.5 Å². The Morgan fingerprint density at radius 3 is 2.53 bits per heavy atom. The Labute approximate surface area is 208 Å². The van der Waals surface area contributed by atoms with Crippen LogP contribution in [0.5, 0.6) is 0 Å². The van der Waals surface area contributed by atoms with Crippen molar-refractivity contribution >= 4 is 34.6 Å². The molecule has 3 aromatic rings. The van der Waals surface area contributed by atoms with Gasteiger partial charge in [-0.15, -0.1) is 11.3 Å². The van der Waals surface area contributed by atoms with E-state index in [1.807, 2.05) is 36.4 Å². The van der Waals surface area contributed by atoms with Crippen LogP contribution in [0.1, 0.15) is 46.2 Å². The summed E-state index contributed by atoms with van der Waals surface area (Å²) >= 11 is 7.73. The molecule has 0 bridgehead atoms. The minimum Gasteiger partial charge on any atom is -0.382 e. The van der Waals surface area contributed by atoms with Crippen LogP contribution in [-0.4, -0.2) is 45.6 Å². The van der Waals surface area contributed by atoms with E-state index >= 15 is 0 Å². The van der Waals surface area contributed by atoms with Crippen molar-refractivity contribution < 1.29 is 19.8 Å². The number of halogens is 1. The number of hydrogen-bond donors (Lipinski definition) is 2. The van der Waals surface area contributed by atoms with Crippen molar-refractivity contribution in [2.75, 3.05) is 6.54 Å². The largest absolute Gasteiger partial charge is 0.382 e. The van der Waals surface area contributed by atoms with Gasteiger partial charge >= 0.3 is 0 Å². The number of thiophene rings is 1. The molecular weight excluding hydrogens is 470 g/mol. The molecule has 4 rings (SSSR count). The Bertz CT molecular complexity index is 1130. The summed E-state index contributed by atoms with van der Waals surface area (Å²) in [4.78, 5) is 29.3. The van der Waals surface area contributed by atoms with Gasteiger partial charge in [-0.3, -0.25) is 9.59 Å². The zero-order chi connectivity index (χ0) is 24.1. The van der Waals surface area contributed by atoms with Crippen molar-refractivity contribution in [3.8, 4) is 0 Å². The molecular formula is C27H28ClNO4S. The molecule has 2 aromatic carbocycles. The second-order valence-corrected chi connectivity index (χ2v) is 10.3. The van der Waals surface area contributed by atoms with Gasteiger partial charge in [-0.2, -0.15) is 0 Å². The van der Waals surface area contributed by atoms with Crippen molar-refractivity contribution in [1.29, 1.82) is 0 Å². The van der Waals surface area contributed by atoms with Crippen molar-refractivity contribution in [2.45, 2.75) is 50.4 Å². The molecule has 0 saturated carbocycles. The fourth-order valence-corrected chi connectivity index (χ4v) is 5.67. The lowest BCUT2D eigenvalue weighted by Gasteiger charge is -2.28. The molecule has 1 fully saturated rings. The fourth-order valence-electron chi connectivity index (χ4n) is 4.41. The topological polar surface area (TPSA) is 77.8 Å². The van der Waals surface area contributed by atoms with Crippen LogP contribution in [0.15, 0.2) is 66.7 Å². The number of Topliss-reactive ketones (excluding diaryl/α,β-unsaturated/α-hetero) is 1. The van der Waals surface area contributed by atoms with Crippen molar-refractivity contribution in [1.82, 2.24) is 4.90 Å². The minimum absolute atomic E-state index is 0.0640. The molecule has 3 atom stereocenters. The third-order valence-corrected chi connectivity index (χ3v) is 7.59. The van der Waals surface area contributed by atoms with Crippen molar-refractivity contribution in [3.63, 3.8) is 0 Å². The van der Waals surface area contributed by atoms with Gasteiger partial charge in [0.15, 0.2) is 11.9 Å². The highest BCUT2D eigenvalue weighted by molar-refractivity contribution is 7.12. The summed E-state index contributed by atoms with van der Waals surface area (Å²) in [7, 11) is 0. The first-order valence-electron chi connectivity index (χ1n) is 11.5. The normalized spacial score (nSPS) is 17.5. The molecule has 2 N–H and O–H groups in total. The lowest BCUT2D eigenvalue weighted by Crippen LogP contribution is -2.47. The summed E-state index contributed by atoms with van der Waals surface area (Å²) in [6.45, 7) is 0.466. The lowest BCUT2D eigenvalue weighted by atomic mass is 10.0. The van der Waals surface area contributed by atoms with E-state index < -0.39 is 23.9 Å². The SMILES string of the molecule is O=C(CCc1ccc(Cc2ccccc2)s1)[C@H](O)[C@@H](O)C(=O)N1CCCC1c1cccc(Cl)c1. The highest BCUT2D eigenvalue weighted by Gasteiger charge is 2.38. The molecule has 0 aliphatic carbocycles. The quantitative estimate of drug-likeness (QED) is 0.453. The van der Waals surface area contributed by atoms with Crippen LogP contribution in [-0.2, 0) is 22.4 Å². The van der Waals surface area contributed by atoms with E-state index in [9.17, 15) is 19.8 Å². The Balaban J connectivity index is 1.32. The average Bonchev–Trinajstić information content (AvgIpc) is 3.51. The number of aliphatic hydroxyl groups is 2. The first kappa shape index (κ1) is 24.6. The van der Waals surface area contributed by atoms with E-state index in [4.69, 9.17) is 11.6 Å². The molecule has 0 radical (unpaired) electrons. The zero-order valence-electron chi connectivity index (χ0n) is 18.8. The molecule has 1 aliphatic heterocycles. The van der Waals surface area contributed by atoms with Crippen LogP contribution in [0.4, 0.5) is 0 Å². The van der Waals surface area contributed by atoms with Crippen LogP contribution >= 0.6 is 22.9 Å². The minimum atomic E-state index is -1.77.